The van der Waals surface area contributed by atoms with Crippen LogP contribution in [0.25, 0.3) is 0 Å². The van der Waals surface area contributed by atoms with Crippen LogP contribution < -0.4 is 0 Å². The van der Waals surface area contributed by atoms with Gasteiger partial charge in [0.05, 0.1) is 0 Å². The van der Waals surface area contributed by atoms with Crippen molar-refractivity contribution in [1.82, 2.24) is 0 Å². The number of hydrogen-bond donors (Lipinski definition) is 0. The zero-order valence-electron chi connectivity index (χ0n) is 5.88. The van der Waals surface area contributed by atoms with Crippen molar-refractivity contribution < 1.29 is 0 Å². The fraction of sp³-hybridized carbons (Fsp3) is 0.333. The fourth-order valence-electron chi connectivity index (χ4n) is 0.499. The smallest absolute Gasteiger partial charge is 0.0166 e. The van der Waals surface area contributed by atoms with Gasteiger partial charge in [0.15, 0.2) is 0 Å². The largest absolute Gasteiger partial charge is 0.0885 e. The van der Waals surface area contributed by atoms with Gasteiger partial charge in [-0.15, -0.1) is 0 Å². The molecular weight excluding hydrogens is 108 g/mol. The van der Waals surface area contributed by atoms with E-state index in [1.807, 2.05) is 12.2 Å². The standard InChI is InChI=1S/C9H13/c1-3-5-7-9-8-6-4-2/h1,3,5-8H,4,9H2,2H3. The first-order chi connectivity index (χ1) is 4.41. The third kappa shape index (κ3) is 7.22. The Bertz CT molecular complexity index is 107. The van der Waals surface area contributed by atoms with E-state index in [0.29, 0.717) is 0 Å². The van der Waals surface area contributed by atoms with Crippen molar-refractivity contribution in [2.75, 3.05) is 0 Å². The number of hydrogen-bond acceptors (Lipinski definition) is 0. The lowest BCUT2D eigenvalue weighted by molar-refractivity contribution is 1.20. The zero-order chi connectivity index (χ0) is 6.95. The van der Waals surface area contributed by atoms with E-state index < -0.39 is 0 Å². The normalized spacial score (nSPS) is 11.2. The first-order valence-electron chi connectivity index (χ1n) is 3.27. The highest BCUT2D eigenvalue weighted by atomic mass is 13.7. The molecule has 0 nitrogen and oxygen atoms in total. The van der Waals surface area contributed by atoms with Crippen LogP contribution in [0.4, 0.5) is 0 Å². The Kier molecular flexibility index (Phi) is 6.59. The van der Waals surface area contributed by atoms with Crippen LogP contribution in [-0.2, 0) is 0 Å². The van der Waals surface area contributed by atoms with Gasteiger partial charge in [-0.1, -0.05) is 43.9 Å². The molecule has 0 heterocycles. The van der Waals surface area contributed by atoms with Gasteiger partial charge in [-0.25, -0.2) is 0 Å². The maximum absolute atomic E-state index is 5.11. The van der Waals surface area contributed by atoms with Crippen molar-refractivity contribution in [2.45, 2.75) is 19.8 Å². The molecule has 0 saturated carbocycles. The summed E-state index contributed by atoms with van der Waals surface area (Å²) in [5.74, 6) is 0. The second-order valence-corrected chi connectivity index (χ2v) is 1.74. The van der Waals surface area contributed by atoms with Crippen LogP contribution >= 0.6 is 0 Å². The Labute approximate surface area is 57.6 Å². The Morgan fingerprint density at radius 1 is 1.22 bits per heavy atom. The molecule has 0 fully saturated rings. The predicted octanol–water partition coefficient (Wildman–Crippen LogP) is 2.89. The lowest BCUT2D eigenvalue weighted by atomic mass is 10.3. The highest BCUT2D eigenvalue weighted by Crippen LogP contribution is 1.87. The fourth-order valence-corrected chi connectivity index (χ4v) is 0.499. The Morgan fingerprint density at radius 2 is 2.00 bits per heavy atom. The van der Waals surface area contributed by atoms with Crippen molar-refractivity contribution in [3.63, 3.8) is 0 Å². The lowest BCUT2D eigenvalue weighted by Gasteiger charge is -1.77. The second kappa shape index (κ2) is 7.22. The average Bonchev–Trinajstić information content (AvgIpc) is 1.89. The monoisotopic (exact) mass is 121 g/mol. The summed E-state index contributed by atoms with van der Waals surface area (Å²) < 4.78 is 0. The van der Waals surface area contributed by atoms with Gasteiger partial charge >= 0.3 is 0 Å². The summed E-state index contributed by atoms with van der Waals surface area (Å²) >= 11 is 0. The van der Waals surface area contributed by atoms with Gasteiger partial charge in [0, 0.05) is 0 Å². The highest BCUT2D eigenvalue weighted by molar-refractivity contribution is 4.99. The van der Waals surface area contributed by atoms with E-state index in [2.05, 4.69) is 19.1 Å². The van der Waals surface area contributed by atoms with Crippen LogP contribution in [0.5, 0.6) is 0 Å². The topological polar surface area (TPSA) is 0 Å². The van der Waals surface area contributed by atoms with Gasteiger partial charge in [-0.2, -0.15) is 0 Å². The van der Waals surface area contributed by atoms with Crippen molar-refractivity contribution in [1.29, 1.82) is 0 Å². The van der Waals surface area contributed by atoms with E-state index in [4.69, 9.17) is 6.58 Å². The molecule has 1 radical (unpaired) electrons. The highest BCUT2D eigenvalue weighted by Gasteiger charge is 1.66. The minimum atomic E-state index is 0.988. The molecular formula is C9H13. The van der Waals surface area contributed by atoms with E-state index in [1.54, 1.807) is 6.08 Å². The van der Waals surface area contributed by atoms with Crippen LogP contribution in [0, 0.1) is 6.58 Å². The molecule has 0 bridgehead atoms. The number of allylic oxidation sites excluding steroid dienone is 5. The summed E-state index contributed by atoms with van der Waals surface area (Å²) in [6.07, 6.45) is 11.8. The van der Waals surface area contributed by atoms with Gasteiger partial charge in [0.1, 0.15) is 0 Å². The molecule has 0 atom stereocenters. The third-order valence-electron chi connectivity index (χ3n) is 0.922. The van der Waals surface area contributed by atoms with Gasteiger partial charge in [-0.3, -0.25) is 0 Å². The minimum Gasteiger partial charge on any atom is -0.0885 e. The molecule has 0 aromatic heterocycles. The van der Waals surface area contributed by atoms with Gasteiger partial charge < -0.3 is 0 Å². The first-order valence-corrected chi connectivity index (χ1v) is 3.27. The van der Waals surface area contributed by atoms with E-state index >= 15 is 0 Å². The van der Waals surface area contributed by atoms with Crippen molar-refractivity contribution >= 4 is 0 Å². The first kappa shape index (κ1) is 8.22. The van der Waals surface area contributed by atoms with E-state index in [1.165, 1.54) is 0 Å². The zero-order valence-corrected chi connectivity index (χ0v) is 5.88. The molecule has 0 heteroatoms. The summed E-state index contributed by atoms with van der Waals surface area (Å²) in [4.78, 5) is 0. The Balaban J connectivity index is 3.17. The molecule has 0 aliphatic carbocycles. The minimum absolute atomic E-state index is 0.988. The number of rotatable bonds is 4. The Hall–Kier alpha value is -0.780. The molecule has 0 aromatic carbocycles. The molecule has 0 unspecified atom stereocenters. The predicted molar refractivity (Wildman–Crippen MR) is 42.1 cm³/mol. The van der Waals surface area contributed by atoms with E-state index in [-0.39, 0.29) is 0 Å². The second-order valence-electron chi connectivity index (χ2n) is 1.74. The van der Waals surface area contributed by atoms with Crippen LogP contribution in [0.3, 0.4) is 0 Å². The van der Waals surface area contributed by atoms with E-state index in [9.17, 15) is 0 Å². The molecule has 0 aromatic rings. The molecule has 0 aliphatic rings. The molecule has 0 amide bonds. The summed E-state index contributed by atoms with van der Waals surface area (Å²) in [7, 11) is 0. The van der Waals surface area contributed by atoms with Crippen LogP contribution in [-0.4, -0.2) is 0 Å². The van der Waals surface area contributed by atoms with Crippen molar-refractivity contribution in [3.8, 4) is 0 Å². The Morgan fingerprint density at radius 3 is 2.56 bits per heavy atom. The van der Waals surface area contributed by atoms with Gasteiger partial charge in [0.25, 0.3) is 0 Å². The molecule has 49 valence electrons. The maximum Gasteiger partial charge on any atom is -0.0166 e. The molecule has 0 rings (SSSR count). The molecule has 0 N–H and O–H groups in total. The quantitative estimate of drug-likeness (QED) is 0.396. The molecule has 9 heavy (non-hydrogen) atoms. The molecule has 0 spiro atoms. The van der Waals surface area contributed by atoms with Gasteiger partial charge in [-0.05, 0) is 12.8 Å². The average molecular weight is 121 g/mol. The summed E-state index contributed by atoms with van der Waals surface area (Å²) in [6, 6.07) is 0. The van der Waals surface area contributed by atoms with Crippen molar-refractivity contribution in [2.24, 2.45) is 0 Å². The summed E-state index contributed by atoms with van der Waals surface area (Å²) in [6.45, 7) is 7.23. The van der Waals surface area contributed by atoms with Crippen LogP contribution in [0.1, 0.15) is 19.8 Å². The third-order valence-corrected chi connectivity index (χ3v) is 0.922. The summed E-state index contributed by atoms with van der Waals surface area (Å²) in [5, 5.41) is 0. The van der Waals surface area contributed by atoms with Crippen molar-refractivity contribution in [3.05, 3.63) is 37.0 Å². The summed E-state index contributed by atoms with van der Waals surface area (Å²) in [5.41, 5.74) is 0. The molecule has 0 saturated heterocycles. The van der Waals surface area contributed by atoms with Crippen LogP contribution in [0.15, 0.2) is 30.4 Å². The SMILES string of the molecule is [CH]=CC=CCC=CCC. The van der Waals surface area contributed by atoms with Gasteiger partial charge in [0.2, 0.25) is 0 Å². The molecule has 0 aliphatic heterocycles. The lowest BCUT2D eigenvalue weighted by Crippen LogP contribution is -1.56. The maximum atomic E-state index is 5.11. The van der Waals surface area contributed by atoms with E-state index in [0.717, 1.165) is 12.8 Å². The van der Waals surface area contributed by atoms with Crippen LogP contribution in [0.2, 0.25) is 0 Å².